The Morgan fingerprint density at radius 1 is 1.12 bits per heavy atom. The molecule has 0 spiro atoms. The highest BCUT2D eigenvalue weighted by Gasteiger charge is 2.42. The van der Waals surface area contributed by atoms with Gasteiger partial charge in [-0.1, -0.05) is 29.3 Å². The van der Waals surface area contributed by atoms with E-state index in [0.717, 1.165) is 19.4 Å². The maximum absolute atomic E-state index is 13.1. The molecule has 2 aliphatic rings. The van der Waals surface area contributed by atoms with Gasteiger partial charge in [-0.05, 0) is 48.9 Å². The topological polar surface area (TPSA) is 40.6 Å². The van der Waals surface area contributed by atoms with Gasteiger partial charge in [-0.15, -0.1) is 11.3 Å². The molecule has 2 aliphatic heterocycles. The van der Waals surface area contributed by atoms with E-state index in [0.29, 0.717) is 28.7 Å². The fraction of sp³-hybridized carbons (Fsp3) is 0.368. The number of thiophene rings is 1. The number of carbonyl (C=O) groups excluding carboxylic acids is 2. The summed E-state index contributed by atoms with van der Waals surface area (Å²) in [6.07, 6.45) is 2.47. The van der Waals surface area contributed by atoms with Crippen molar-refractivity contribution in [1.82, 2.24) is 4.90 Å². The third-order valence-corrected chi connectivity index (χ3v) is 6.84. The molecule has 3 heterocycles. The Bertz CT molecular complexity index is 840. The second-order valence-electron chi connectivity index (χ2n) is 6.63. The van der Waals surface area contributed by atoms with Crippen molar-refractivity contribution in [2.24, 2.45) is 5.92 Å². The molecule has 1 aromatic carbocycles. The summed E-state index contributed by atoms with van der Waals surface area (Å²) in [6.45, 7) is 1.24. The number of hydrogen-bond donors (Lipinski definition) is 0. The maximum Gasteiger partial charge on any atom is 0.239 e. The van der Waals surface area contributed by atoms with Gasteiger partial charge in [-0.25, -0.2) is 0 Å². The summed E-state index contributed by atoms with van der Waals surface area (Å²) in [6, 6.07) is 9.30. The molecule has 4 nitrogen and oxygen atoms in total. The Kier molecular flexibility index (Phi) is 4.95. The van der Waals surface area contributed by atoms with Crippen LogP contribution in [-0.2, 0) is 9.59 Å². The highest BCUT2D eigenvalue weighted by molar-refractivity contribution is 7.10. The maximum atomic E-state index is 13.1. The third-order valence-electron chi connectivity index (χ3n) is 5.13. The van der Waals surface area contributed by atoms with Crippen LogP contribution in [0.3, 0.4) is 0 Å². The Balaban J connectivity index is 1.52. The first-order chi connectivity index (χ1) is 12.6. The molecule has 0 aliphatic carbocycles. The molecular formula is C19H18Cl2N2O2S. The first-order valence-electron chi connectivity index (χ1n) is 8.66. The number of hydrogen-bond acceptors (Lipinski definition) is 3. The second-order valence-corrected chi connectivity index (χ2v) is 8.43. The van der Waals surface area contributed by atoms with E-state index in [1.54, 1.807) is 34.4 Å². The number of halogens is 2. The first-order valence-corrected chi connectivity index (χ1v) is 10.3. The smallest absolute Gasteiger partial charge is 0.239 e. The van der Waals surface area contributed by atoms with Gasteiger partial charge in [-0.2, -0.15) is 0 Å². The third kappa shape index (κ3) is 3.13. The lowest BCUT2D eigenvalue weighted by atomic mass is 10.1. The highest BCUT2D eigenvalue weighted by atomic mass is 35.5. The predicted octanol–water partition coefficient (Wildman–Crippen LogP) is 4.77. The molecule has 0 N–H and O–H groups in total. The van der Waals surface area contributed by atoms with E-state index in [1.807, 2.05) is 16.3 Å². The van der Waals surface area contributed by atoms with E-state index < -0.39 is 5.92 Å². The predicted molar refractivity (Wildman–Crippen MR) is 105 cm³/mol. The molecule has 26 heavy (non-hydrogen) atoms. The van der Waals surface area contributed by atoms with E-state index in [9.17, 15) is 9.59 Å². The zero-order valence-corrected chi connectivity index (χ0v) is 16.4. The van der Waals surface area contributed by atoms with Crippen molar-refractivity contribution in [1.29, 1.82) is 0 Å². The summed E-state index contributed by atoms with van der Waals surface area (Å²) in [7, 11) is 0. The molecular weight excluding hydrogens is 391 g/mol. The Hall–Kier alpha value is -1.56. The van der Waals surface area contributed by atoms with Crippen LogP contribution in [0.25, 0.3) is 0 Å². The van der Waals surface area contributed by atoms with Crippen molar-refractivity contribution in [3.8, 4) is 0 Å². The number of likely N-dealkylation sites (tertiary alicyclic amines) is 1. The summed E-state index contributed by atoms with van der Waals surface area (Å²) >= 11 is 13.7. The van der Waals surface area contributed by atoms with Gasteiger partial charge in [0, 0.05) is 23.7 Å². The molecule has 0 radical (unpaired) electrons. The van der Waals surface area contributed by atoms with Crippen LogP contribution in [0, 0.1) is 5.92 Å². The van der Waals surface area contributed by atoms with Crippen molar-refractivity contribution in [3.05, 3.63) is 50.6 Å². The number of nitrogens with zero attached hydrogens (tertiary/aromatic N) is 2. The minimum Gasteiger partial charge on any atom is -0.334 e. The monoisotopic (exact) mass is 408 g/mol. The molecule has 7 heteroatoms. The van der Waals surface area contributed by atoms with Crippen LogP contribution in [0.5, 0.6) is 0 Å². The number of amides is 2. The lowest BCUT2D eigenvalue weighted by molar-refractivity contribution is -0.140. The highest BCUT2D eigenvalue weighted by Crippen LogP contribution is 2.37. The summed E-state index contributed by atoms with van der Waals surface area (Å²) in [5, 5.41) is 2.89. The molecule has 2 unspecified atom stereocenters. The average Bonchev–Trinajstić information content (AvgIpc) is 3.36. The van der Waals surface area contributed by atoms with Gasteiger partial charge >= 0.3 is 0 Å². The normalized spacial score (nSPS) is 23.1. The number of carbonyl (C=O) groups is 2. The number of rotatable bonds is 3. The molecule has 2 atom stereocenters. The van der Waals surface area contributed by atoms with Gasteiger partial charge in [0.1, 0.15) is 5.92 Å². The van der Waals surface area contributed by atoms with Gasteiger partial charge in [0.25, 0.3) is 0 Å². The standard InChI is InChI=1S/C19H18Cl2N2O2S/c20-14-6-5-12(11-15(14)21)22-9-7-13(18(22)24)19(25)23-8-1-3-16(23)17-4-2-10-26-17/h2,4-6,10-11,13,16H,1,3,7-9H2. The molecule has 1 aromatic heterocycles. The lowest BCUT2D eigenvalue weighted by Gasteiger charge is -2.26. The number of benzene rings is 1. The van der Waals surface area contributed by atoms with Gasteiger partial charge < -0.3 is 9.80 Å². The summed E-state index contributed by atoms with van der Waals surface area (Å²) in [5.74, 6) is -0.802. The molecule has 2 aromatic rings. The summed E-state index contributed by atoms with van der Waals surface area (Å²) in [4.78, 5) is 30.7. The first kappa shape index (κ1) is 17.8. The summed E-state index contributed by atoms with van der Waals surface area (Å²) in [5.41, 5.74) is 0.691. The van der Waals surface area contributed by atoms with E-state index in [2.05, 4.69) is 6.07 Å². The van der Waals surface area contributed by atoms with Gasteiger partial charge in [-0.3, -0.25) is 9.59 Å². The molecule has 2 saturated heterocycles. The average molecular weight is 409 g/mol. The van der Waals surface area contributed by atoms with E-state index in [1.165, 1.54) is 4.88 Å². The zero-order valence-electron chi connectivity index (χ0n) is 14.0. The van der Waals surface area contributed by atoms with Crippen molar-refractivity contribution < 1.29 is 9.59 Å². The van der Waals surface area contributed by atoms with Crippen LogP contribution in [0.4, 0.5) is 5.69 Å². The van der Waals surface area contributed by atoms with E-state index in [4.69, 9.17) is 23.2 Å². The van der Waals surface area contributed by atoms with Gasteiger partial charge in [0.2, 0.25) is 11.8 Å². The lowest BCUT2D eigenvalue weighted by Crippen LogP contribution is -2.39. The van der Waals surface area contributed by atoms with Crippen LogP contribution < -0.4 is 4.90 Å². The van der Waals surface area contributed by atoms with Crippen LogP contribution in [0.15, 0.2) is 35.7 Å². The fourth-order valence-electron chi connectivity index (χ4n) is 3.83. The van der Waals surface area contributed by atoms with Crippen molar-refractivity contribution in [2.75, 3.05) is 18.0 Å². The SMILES string of the molecule is O=C1C(C(=O)N2CCCC2c2cccs2)CCN1c1ccc(Cl)c(Cl)c1. The van der Waals surface area contributed by atoms with Crippen LogP contribution in [0.2, 0.25) is 10.0 Å². The molecule has 0 saturated carbocycles. The zero-order chi connectivity index (χ0) is 18.3. The largest absolute Gasteiger partial charge is 0.334 e. The van der Waals surface area contributed by atoms with Gasteiger partial charge in [0.05, 0.1) is 16.1 Å². The van der Waals surface area contributed by atoms with Crippen LogP contribution in [0.1, 0.15) is 30.2 Å². The van der Waals surface area contributed by atoms with Crippen molar-refractivity contribution in [2.45, 2.75) is 25.3 Å². The quantitative estimate of drug-likeness (QED) is 0.686. The molecule has 4 rings (SSSR count). The van der Waals surface area contributed by atoms with Crippen LogP contribution >= 0.6 is 34.5 Å². The Morgan fingerprint density at radius 3 is 2.69 bits per heavy atom. The Morgan fingerprint density at radius 2 is 1.96 bits per heavy atom. The molecule has 0 bridgehead atoms. The second kappa shape index (κ2) is 7.22. The summed E-state index contributed by atoms with van der Waals surface area (Å²) < 4.78 is 0. The molecule has 2 fully saturated rings. The minimum absolute atomic E-state index is 0.0477. The Labute approximate surface area is 166 Å². The van der Waals surface area contributed by atoms with Crippen molar-refractivity contribution >= 4 is 52.0 Å². The molecule has 136 valence electrons. The van der Waals surface area contributed by atoms with E-state index in [-0.39, 0.29) is 17.9 Å². The molecule has 2 amide bonds. The van der Waals surface area contributed by atoms with Gasteiger partial charge in [0.15, 0.2) is 0 Å². The number of anilines is 1. The fourth-order valence-corrected chi connectivity index (χ4v) is 4.99. The van der Waals surface area contributed by atoms with E-state index >= 15 is 0 Å². The minimum atomic E-state index is -0.606. The van der Waals surface area contributed by atoms with Crippen molar-refractivity contribution in [3.63, 3.8) is 0 Å². The van der Waals surface area contributed by atoms with Crippen LogP contribution in [-0.4, -0.2) is 29.8 Å².